The predicted octanol–water partition coefficient (Wildman–Crippen LogP) is 9.48. The van der Waals surface area contributed by atoms with Gasteiger partial charge in [0.25, 0.3) is 0 Å². The molecule has 0 fully saturated rings. The molecule has 0 saturated heterocycles. The number of rotatable bonds is 13. The van der Waals surface area contributed by atoms with Crippen LogP contribution in [0.1, 0.15) is 130 Å². The summed E-state index contributed by atoms with van der Waals surface area (Å²) in [5.41, 5.74) is 6.22. The zero-order valence-electron chi connectivity index (χ0n) is 25.7. The Morgan fingerprint density at radius 1 is 0.658 bits per heavy atom. The van der Waals surface area contributed by atoms with Crippen molar-refractivity contribution in [1.82, 2.24) is 0 Å². The first kappa shape index (κ1) is 32.2. The summed E-state index contributed by atoms with van der Waals surface area (Å²) in [6.45, 7) is 20.9. The number of carbonyl (C=O) groups excluding carboxylic acids is 2. The van der Waals surface area contributed by atoms with Crippen LogP contribution < -0.4 is 0 Å². The Morgan fingerprint density at radius 2 is 0.974 bits per heavy atom. The highest BCUT2D eigenvalue weighted by Gasteiger charge is 2.45. The molecule has 2 rings (SSSR count). The summed E-state index contributed by atoms with van der Waals surface area (Å²) in [4.78, 5) is 29.2. The lowest BCUT2D eigenvalue weighted by atomic mass is 9.86. The van der Waals surface area contributed by atoms with Crippen molar-refractivity contribution in [2.45, 2.75) is 114 Å². The SMILES string of the molecule is CCc1cc(CC)c(C(=O)P(=O)(CC(C)CC(C)(C)C)C(=O)c2c(CC)cc(CC)cc2CC)c(CC)c1. The Kier molecular flexibility index (Phi) is 11.3. The van der Waals surface area contributed by atoms with Crippen molar-refractivity contribution in [1.29, 1.82) is 0 Å². The lowest BCUT2D eigenvalue weighted by Crippen LogP contribution is -2.23. The van der Waals surface area contributed by atoms with Crippen LogP contribution in [0.2, 0.25) is 0 Å². The van der Waals surface area contributed by atoms with E-state index in [9.17, 15) is 9.59 Å². The van der Waals surface area contributed by atoms with E-state index in [1.54, 1.807) is 0 Å². The molecular formula is C34H51O3P. The molecule has 0 aliphatic carbocycles. The minimum absolute atomic E-state index is 0.00814. The van der Waals surface area contributed by atoms with Gasteiger partial charge in [-0.3, -0.25) is 9.59 Å². The molecule has 0 aliphatic heterocycles. The van der Waals surface area contributed by atoms with Gasteiger partial charge < -0.3 is 4.57 Å². The summed E-state index contributed by atoms with van der Waals surface area (Å²) >= 11 is 0. The molecular weight excluding hydrogens is 487 g/mol. The van der Waals surface area contributed by atoms with Gasteiger partial charge in [-0.1, -0.05) is 93.5 Å². The molecule has 38 heavy (non-hydrogen) atoms. The monoisotopic (exact) mass is 538 g/mol. The van der Waals surface area contributed by atoms with E-state index in [1.165, 1.54) is 11.1 Å². The smallest absolute Gasteiger partial charge is 0.229 e. The van der Waals surface area contributed by atoms with Crippen LogP contribution >= 0.6 is 7.14 Å². The van der Waals surface area contributed by atoms with E-state index in [2.05, 4.69) is 58.9 Å². The van der Waals surface area contributed by atoms with Gasteiger partial charge in [0.05, 0.1) is 0 Å². The lowest BCUT2D eigenvalue weighted by molar-refractivity contribution is 0.103. The molecule has 1 unspecified atom stereocenters. The standard InChI is InChI=1S/C34H51O3P/c1-11-24-17-26(13-3)30(27(14-4)18-24)32(35)38(37,22-23(7)21-34(8,9)10)33(36)31-28(15-5)19-25(12-2)20-29(31)16-6/h17-20,23H,11-16,21-22H2,1-10H3. The number of carbonyl (C=O) groups is 2. The summed E-state index contributed by atoms with van der Waals surface area (Å²) < 4.78 is 15.2. The fraction of sp³-hybridized carbons (Fsp3) is 0.588. The first-order chi connectivity index (χ1) is 17.8. The predicted molar refractivity (Wildman–Crippen MR) is 164 cm³/mol. The minimum atomic E-state index is -3.97. The van der Waals surface area contributed by atoms with Gasteiger partial charge in [-0.2, -0.15) is 0 Å². The highest BCUT2D eigenvalue weighted by molar-refractivity contribution is 7.95. The van der Waals surface area contributed by atoms with Crippen LogP contribution in [0.15, 0.2) is 24.3 Å². The third kappa shape index (κ3) is 7.15. The Bertz CT molecular complexity index is 1070. The third-order valence-corrected chi connectivity index (χ3v) is 10.6. The van der Waals surface area contributed by atoms with E-state index < -0.39 is 18.2 Å². The van der Waals surface area contributed by atoms with Crippen LogP contribution in [-0.2, 0) is 43.1 Å². The van der Waals surface area contributed by atoms with Crippen molar-refractivity contribution in [3.63, 3.8) is 0 Å². The summed E-state index contributed by atoms with van der Waals surface area (Å²) in [7, 11) is -3.97. The summed E-state index contributed by atoms with van der Waals surface area (Å²) in [5.74, 6) is -0.0242. The Labute approximate surface area is 232 Å². The van der Waals surface area contributed by atoms with Crippen molar-refractivity contribution >= 4 is 18.2 Å². The van der Waals surface area contributed by atoms with Crippen molar-refractivity contribution in [2.24, 2.45) is 11.3 Å². The molecule has 210 valence electrons. The lowest BCUT2D eigenvalue weighted by Gasteiger charge is -2.28. The first-order valence-corrected chi connectivity index (χ1v) is 16.7. The molecule has 2 aromatic carbocycles. The van der Waals surface area contributed by atoms with Gasteiger partial charge in [-0.25, -0.2) is 0 Å². The van der Waals surface area contributed by atoms with Gasteiger partial charge in [0.15, 0.2) is 0 Å². The van der Waals surface area contributed by atoms with Crippen LogP contribution in [0.5, 0.6) is 0 Å². The molecule has 0 bridgehead atoms. The average Bonchev–Trinajstić information content (AvgIpc) is 2.88. The van der Waals surface area contributed by atoms with Gasteiger partial charge in [0.1, 0.15) is 0 Å². The molecule has 0 spiro atoms. The maximum absolute atomic E-state index is 15.2. The fourth-order valence-corrected chi connectivity index (χ4v) is 8.74. The third-order valence-electron chi connectivity index (χ3n) is 7.68. The zero-order valence-corrected chi connectivity index (χ0v) is 26.6. The van der Waals surface area contributed by atoms with E-state index in [-0.39, 0.29) is 17.5 Å². The minimum Gasteiger partial charge on any atom is -0.307 e. The van der Waals surface area contributed by atoms with Crippen molar-refractivity contribution in [3.05, 3.63) is 68.8 Å². The molecule has 3 nitrogen and oxygen atoms in total. The molecule has 0 amide bonds. The zero-order chi connectivity index (χ0) is 28.8. The fourth-order valence-electron chi connectivity index (χ4n) is 5.92. The highest BCUT2D eigenvalue weighted by Crippen LogP contribution is 2.56. The van der Waals surface area contributed by atoms with Crippen LogP contribution in [-0.4, -0.2) is 17.2 Å². The summed E-state index contributed by atoms with van der Waals surface area (Å²) in [5, 5.41) is 0. The Morgan fingerprint density at radius 3 is 1.21 bits per heavy atom. The van der Waals surface area contributed by atoms with Crippen LogP contribution in [0.3, 0.4) is 0 Å². The van der Waals surface area contributed by atoms with Gasteiger partial charge in [-0.15, -0.1) is 0 Å². The topological polar surface area (TPSA) is 51.2 Å². The number of hydrogen-bond donors (Lipinski definition) is 0. The van der Waals surface area contributed by atoms with Crippen molar-refractivity contribution < 1.29 is 14.2 Å². The molecule has 0 aromatic heterocycles. The van der Waals surface area contributed by atoms with Crippen molar-refractivity contribution in [3.8, 4) is 0 Å². The molecule has 0 radical (unpaired) electrons. The molecule has 0 saturated carbocycles. The molecule has 0 N–H and O–H groups in total. The van der Waals surface area contributed by atoms with E-state index >= 15 is 4.57 Å². The summed E-state index contributed by atoms with van der Waals surface area (Å²) in [6, 6.07) is 8.30. The molecule has 2 aromatic rings. The van der Waals surface area contributed by atoms with Crippen LogP contribution in [0.4, 0.5) is 0 Å². The quantitative estimate of drug-likeness (QED) is 0.239. The number of aryl methyl sites for hydroxylation is 6. The molecule has 0 heterocycles. The molecule has 0 aliphatic rings. The van der Waals surface area contributed by atoms with Crippen LogP contribution in [0.25, 0.3) is 0 Å². The number of benzene rings is 2. The normalized spacial score (nSPS) is 13.0. The average molecular weight is 539 g/mol. The Balaban J connectivity index is 2.85. The summed E-state index contributed by atoms with van der Waals surface area (Å²) in [6.07, 6.45) is 5.32. The maximum Gasteiger partial charge on any atom is 0.229 e. The van der Waals surface area contributed by atoms with Gasteiger partial charge in [-0.05, 0) is 89.7 Å². The van der Waals surface area contributed by atoms with Gasteiger partial charge >= 0.3 is 0 Å². The largest absolute Gasteiger partial charge is 0.307 e. The van der Waals surface area contributed by atoms with E-state index in [0.717, 1.165) is 41.5 Å². The van der Waals surface area contributed by atoms with E-state index in [1.807, 2.05) is 34.6 Å². The highest BCUT2D eigenvalue weighted by atomic mass is 31.2. The number of hydrogen-bond acceptors (Lipinski definition) is 3. The van der Waals surface area contributed by atoms with Crippen molar-refractivity contribution in [2.75, 3.05) is 6.16 Å². The van der Waals surface area contributed by atoms with Crippen LogP contribution in [0, 0.1) is 11.3 Å². The second kappa shape index (κ2) is 13.4. The second-order valence-electron chi connectivity index (χ2n) is 12.1. The second-order valence-corrected chi connectivity index (χ2v) is 14.8. The first-order valence-electron chi connectivity index (χ1n) is 14.8. The molecule has 4 heteroatoms. The van der Waals surface area contributed by atoms with Gasteiger partial charge in [0.2, 0.25) is 18.2 Å². The van der Waals surface area contributed by atoms with E-state index in [0.29, 0.717) is 36.8 Å². The van der Waals surface area contributed by atoms with Gasteiger partial charge in [0, 0.05) is 17.3 Å². The van der Waals surface area contributed by atoms with E-state index in [4.69, 9.17) is 0 Å². The Hall–Kier alpha value is -1.99. The molecule has 1 atom stereocenters. The maximum atomic E-state index is 15.2.